The summed E-state index contributed by atoms with van der Waals surface area (Å²) in [6.07, 6.45) is -5.05. The molecule has 0 radical (unpaired) electrons. The maximum absolute atomic E-state index is 12.1. The van der Waals surface area contributed by atoms with Crippen molar-refractivity contribution < 1.29 is 37.3 Å². The van der Waals surface area contributed by atoms with Crippen LogP contribution in [0.3, 0.4) is 0 Å². The van der Waals surface area contributed by atoms with Crippen molar-refractivity contribution in [2.75, 3.05) is 13.7 Å². The highest BCUT2D eigenvalue weighted by molar-refractivity contribution is 5.90. The third kappa shape index (κ3) is 3.90. The Kier molecular flexibility index (Phi) is 4.41. The van der Waals surface area contributed by atoms with E-state index in [0.29, 0.717) is 0 Å². The van der Waals surface area contributed by atoms with E-state index in [1.807, 2.05) is 0 Å². The summed E-state index contributed by atoms with van der Waals surface area (Å²) in [7, 11) is 1.16. The predicted octanol–water partition coefficient (Wildman–Crippen LogP) is 1.87. The summed E-state index contributed by atoms with van der Waals surface area (Å²) in [5.74, 6) is -3.30. The van der Waals surface area contributed by atoms with Gasteiger partial charge in [-0.2, -0.15) is 4.98 Å². The first-order valence-corrected chi connectivity index (χ1v) is 4.99. The van der Waals surface area contributed by atoms with Gasteiger partial charge < -0.3 is 19.3 Å². The quantitative estimate of drug-likeness (QED) is 0.849. The summed E-state index contributed by atoms with van der Waals surface area (Å²) >= 11 is 0. The summed E-state index contributed by atoms with van der Waals surface area (Å²) in [5, 5.41) is 9.30. The molecule has 0 saturated heterocycles. The molecule has 1 aromatic heterocycles. The number of carbonyl (C=O) groups excluding carboxylic acids is 1. The van der Waals surface area contributed by atoms with Crippen molar-refractivity contribution in [2.45, 2.75) is 13.3 Å². The van der Waals surface area contributed by atoms with Gasteiger partial charge in [0.1, 0.15) is 0 Å². The molecule has 0 aliphatic carbocycles. The van der Waals surface area contributed by atoms with Crippen LogP contribution in [0.2, 0.25) is 0 Å². The molecular formula is C10H10F3NO5. The van der Waals surface area contributed by atoms with Crippen molar-refractivity contribution in [3.8, 4) is 17.4 Å². The molecule has 1 N–H and O–H groups in total. The zero-order chi connectivity index (χ0) is 14.6. The molecule has 1 heterocycles. The van der Waals surface area contributed by atoms with Crippen LogP contribution in [0.1, 0.15) is 17.4 Å². The lowest BCUT2D eigenvalue weighted by Crippen LogP contribution is -2.19. The van der Waals surface area contributed by atoms with Crippen LogP contribution < -0.4 is 9.47 Å². The number of esters is 1. The number of aromatic nitrogens is 1. The number of nitrogens with zero attached hydrogens (tertiary/aromatic N) is 1. The summed E-state index contributed by atoms with van der Waals surface area (Å²) in [5.41, 5.74) is -0.526. The van der Waals surface area contributed by atoms with Gasteiger partial charge in [-0.25, -0.2) is 4.79 Å². The normalized spacial score (nSPS) is 11.0. The van der Waals surface area contributed by atoms with Gasteiger partial charge in [0, 0.05) is 6.07 Å². The fourth-order valence-electron chi connectivity index (χ4n) is 1.15. The van der Waals surface area contributed by atoms with Crippen LogP contribution in [0.15, 0.2) is 6.07 Å². The number of hydrogen-bond acceptors (Lipinski definition) is 6. The number of alkyl halides is 3. The summed E-state index contributed by atoms with van der Waals surface area (Å²) in [6.45, 7) is 1.51. The number of carbonyl (C=O) groups is 1. The maximum atomic E-state index is 12.1. The minimum atomic E-state index is -5.05. The van der Waals surface area contributed by atoms with E-state index in [0.717, 1.165) is 13.2 Å². The molecule has 0 bridgehead atoms. The predicted molar refractivity (Wildman–Crippen MR) is 55.1 cm³/mol. The fourth-order valence-corrected chi connectivity index (χ4v) is 1.15. The van der Waals surface area contributed by atoms with Crippen molar-refractivity contribution in [1.82, 2.24) is 4.98 Å². The first-order chi connectivity index (χ1) is 8.78. The zero-order valence-corrected chi connectivity index (χ0v) is 9.95. The van der Waals surface area contributed by atoms with Gasteiger partial charge in [-0.15, -0.1) is 13.2 Å². The van der Waals surface area contributed by atoms with E-state index in [4.69, 9.17) is 4.74 Å². The molecule has 0 unspecified atom stereocenters. The Morgan fingerprint density at radius 2 is 2.11 bits per heavy atom. The number of halogens is 3. The summed E-state index contributed by atoms with van der Waals surface area (Å²) in [4.78, 5) is 14.7. The SMILES string of the molecule is CCOC(=O)c1nc(OC(F)(F)F)c(O)cc1OC. The van der Waals surface area contributed by atoms with Crippen molar-refractivity contribution in [2.24, 2.45) is 0 Å². The third-order valence-corrected chi connectivity index (χ3v) is 1.83. The van der Waals surface area contributed by atoms with Gasteiger partial charge >= 0.3 is 12.3 Å². The highest BCUT2D eigenvalue weighted by Crippen LogP contribution is 2.34. The van der Waals surface area contributed by atoms with E-state index in [1.54, 1.807) is 0 Å². The standard InChI is InChI=1S/C10H10F3NO5/c1-3-18-9(16)7-6(17-2)4-5(15)8(14-7)19-10(11,12)13/h4,15H,3H2,1-2H3. The lowest BCUT2D eigenvalue weighted by atomic mass is 10.3. The molecule has 106 valence electrons. The third-order valence-electron chi connectivity index (χ3n) is 1.83. The monoisotopic (exact) mass is 281 g/mol. The maximum Gasteiger partial charge on any atom is 0.574 e. The molecule has 0 aromatic carbocycles. The minimum absolute atomic E-state index is 0.00000531. The van der Waals surface area contributed by atoms with Gasteiger partial charge in [0.2, 0.25) is 0 Å². The van der Waals surface area contributed by atoms with Gasteiger partial charge in [-0.3, -0.25) is 0 Å². The average Bonchev–Trinajstić information content (AvgIpc) is 2.29. The smallest absolute Gasteiger partial charge is 0.503 e. The van der Waals surface area contributed by atoms with Crippen LogP contribution in [-0.4, -0.2) is 36.1 Å². The molecule has 1 rings (SSSR count). The van der Waals surface area contributed by atoms with Crippen LogP contribution in [0.5, 0.6) is 17.4 Å². The molecule has 0 fully saturated rings. The van der Waals surface area contributed by atoms with Gasteiger partial charge in [-0.05, 0) is 6.92 Å². The molecule has 19 heavy (non-hydrogen) atoms. The van der Waals surface area contributed by atoms with Crippen LogP contribution in [0.25, 0.3) is 0 Å². The van der Waals surface area contributed by atoms with Crippen molar-refractivity contribution in [3.63, 3.8) is 0 Å². The summed E-state index contributed by atoms with van der Waals surface area (Å²) in [6, 6.07) is 0.778. The van der Waals surface area contributed by atoms with Gasteiger partial charge in [0.05, 0.1) is 13.7 Å². The molecular weight excluding hydrogens is 271 g/mol. The van der Waals surface area contributed by atoms with E-state index < -0.39 is 29.7 Å². The Labute approximate surface area is 105 Å². The Hall–Kier alpha value is -2.19. The number of rotatable bonds is 4. The number of pyridine rings is 1. The number of aromatic hydroxyl groups is 1. The number of methoxy groups -OCH3 is 1. The van der Waals surface area contributed by atoms with Crippen LogP contribution in [0, 0.1) is 0 Å². The van der Waals surface area contributed by atoms with Crippen LogP contribution in [-0.2, 0) is 4.74 Å². The Morgan fingerprint density at radius 1 is 1.47 bits per heavy atom. The highest BCUT2D eigenvalue weighted by atomic mass is 19.4. The van der Waals surface area contributed by atoms with E-state index in [-0.39, 0.29) is 12.4 Å². The van der Waals surface area contributed by atoms with Gasteiger partial charge in [0.25, 0.3) is 5.88 Å². The average molecular weight is 281 g/mol. The second-order valence-electron chi connectivity index (χ2n) is 3.13. The minimum Gasteiger partial charge on any atom is -0.503 e. The van der Waals surface area contributed by atoms with Crippen LogP contribution >= 0.6 is 0 Å². The first kappa shape index (κ1) is 14.9. The second-order valence-corrected chi connectivity index (χ2v) is 3.13. The van der Waals surface area contributed by atoms with Crippen molar-refractivity contribution in [1.29, 1.82) is 0 Å². The zero-order valence-electron chi connectivity index (χ0n) is 9.95. The Balaban J connectivity index is 3.21. The fraction of sp³-hybridized carbons (Fsp3) is 0.400. The van der Waals surface area contributed by atoms with E-state index in [2.05, 4.69) is 14.5 Å². The van der Waals surface area contributed by atoms with Gasteiger partial charge in [-0.1, -0.05) is 0 Å². The molecule has 0 amide bonds. The topological polar surface area (TPSA) is 77.9 Å². The molecule has 1 aromatic rings. The highest BCUT2D eigenvalue weighted by Gasteiger charge is 2.34. The van der Waals surface area contributed by atoms with Gasteiger partial charge in [0.15, 0.2) is 17.2 Å². The van der Waals surface area contributed by atoms with Crippen molar-refractivity contribution in [3.05, 3.63) is 11.8 Å². The largest absolute Gasteiger partial charge is 0.574 e. The van der Waals surface area contributed by atoms with E-state index >= 15 is 0 Å². The second kappa shape index (κ2) is 5.63. The van der Waals surface area contributed by atoms with E-state index in [9.17, 15) is 23.1 Å². The molecule has 0 saturated carbocycles. The lowest BCUT2D eigenvalue weighted by Gasteiger charge is -2.12. The Bertz CT molecular complexity index is 475. The molecule has 0 aliphatic rings. The van der Waals surface area contributed by atoms with Crippen molar-refractivity contribution >= 4 is 5.97 Å². The molecule has 0 aliphatic heterocycles. The first-order valence-electron chi connectivity index (χ1n) is 4.99. The van der Waals surface area contributed by atoms with E-state index in [1.165, 1.54) is 6.92 Å². The molecule has 0 atom stereocenters. The number of hydrogen-bond donors (Lipinski definition) is 1. The molecule has 6 nitrogen and oxygen atoms in total. The lowest BCUT2D eigenvalue weighted by molar-refractivity contribution is -0.276. The molecule has 9 heteroatoms. The summed E-state index contributed by atoms with van der Waals surface area (Å²) < 4.78 is 49.0. The Morgan fingerprint density at radius 3 is 2.58 bits per heavy atom. The molecule has 0 spiro atoms. The van der Waals surface area contributed by atoms with Crippen LogP contribution in [0.4, 0.5) is 13.2 Å². The number of ether oxygens (including phenoxy) is 3.